The van der Waals surface area contributed by atoms with E-state index >= 15 is 0 Å². The average Bonchev–Trinajstić information content (AvgIpc) is 2.51. The molecule has 0 unspecified atom stereocenters. The highest BCUT2D eigenvalue weighted by Gasteiger charge is 2.25. The van der Waals surface area contributed by atoms with Crippen molar-refractivity contribution in [1.82, 2.24) is 9.55 Å². The Morgan fingerprint density at radius 1 is 1.33 bits per heavy atom. The van der Waals surface area contributed by atoms with Gasteiger partial charge >= 0.3 is 6.18 Å². The van der Waals surface area contributed by atoms with E-state index in [2.05, 4.69) is 10.3 Å². The zero-order chi connectivity index (χ0) is 13.8. The summed E-state index contributed by atoms with van der Waals surface area (Å²) in [4.78, 5) is 4.31. The lowest BCUT2D eigenvalue weighted by molar-refractivity contribution is -0.135. The van der Waals surface area contributed by atoms with Gasteiger partial charge in [-0.05, 0) is 33.6 Å². The summed E-state index contributed by atoms with van der Waals surface area (Å²) in [6, 6.07) is 0.251. The SMILES string of the molecule is Cc1cn(CCCCC(F)(F)F)c(NC(C)C)n1. The molecule has 0 aliphatic rings. The maximum Gasteiger partial charge on any atom is 0.389 e. The normalized spacial score (nSPS) is 12.2. The van der Waals surface area contributed by atoms with Crippen molar-refractivity contribution in [3.8, 4) is 0 Å². The molecule has 18 heavy (non-hydrogen) atoms. The maximum atomic E-state index is 12.0. The first-order chi connectivity index (χ1) is 8.28. The van der Waals surface area contributed by atoms with Crippen molar-refractivity contribution in [1.29, 1.82) is 0 Å². The summed E-state index contributed by atoms with van der Waals surface area (Å²) < 4.78 is 37.9. The van der Waals surface area contributed by atoms with Crippen molar-refractivity contribution in [3.63, 3.8) is 0 Å². The Morgan fingerprint density at radius 2 is 2.00 bits per heavy atom. The van der Waals surface area contributed by atoms with Gasteiger partial charge in [-0.1, -0.05) is 0 Å². The van der Waals surface area contributed by atoms with Gasteiger partial charge in [0.1, 0.15) is 0 Å². The number of anilines is 1. The van der Waals surface area contributed by atoms with Crippen LogP contribution in [0.4, 0.5) is 19.1 Å². The highest BCUT2D eigenvalue weighted by atomic mass is 19.4. The number of nitrogens with one attached hydrogen (secondary N) is 1. The molecule has 6 heteroatoms. The molecule has 0 atom stereocenters. The summed E-state index contributed by atoms with van der Waals surface area (Å²) >= 11 is 0. The predicted octanol–water partition coefficient (Wildman–Crippen LogP) is 3.74. The number of aromatic nitrogens is 2. The van der Waals surface area contributed by atoms with E-state index in [1.165, 1.54) is 0 Å². The van der Waals surface area contributed by atoms with Gasteiger partial charge in [0.2, 0.25) is 5.95 Å². The zero-order valence-corrected chi connectivity index (χ0v) is 11.0. The van der Waals surface area contributed by atoms with Crippen LogP contribution in [0.25, 0.3) is 0 Å². The van der Waals surface area contributed by atoms with Crippen LogP contribution in [0.15, 0.2) is 6.20 Å². The first-order valence-corrected chi connectivity index (χ1v) is 6.15. The predicted molar refractivity (Wildman–Crippen MR) is 65.6 cm³/mol. The summed E-state index contributed by atoms with van der Waals surface area (Å²) in [6.45, 7) is 6.43. The molecular weight excluding hydrogens is 243 g/mol. The molecule has 0 aliphatic heterocycles. The Labute approximate surface area is 105 Å². The second-order valence-corrected chi connectivity index (χ2v) is 4.77. The van der Waals surface area contributed by atoms with Crippen LogP contribution in [0.1, 0.15) is 38.8 Å². The number of halogens is 3. The Hall–Kier alpha value is -1.20. The Balaban J connectivity index is 2.46. The number of alkyl halides is 3. The summed E-state index contributed by atoms with van der Waals surface area (Å²) in [6.07, 6.45) is -2.25. The van der Waals surface area contributed by atoms with E-state index in [1.807, 2.05) is 31.5 Å². The van der Waals surface area contributed by atoms with Crippen LogP contribution < -0.4 is 5.32 Å². The van der Waals surface area contributed by atoms with E-state index in [0.717, 1.165) is 11.6 Å². The fraction of sp³-hybridized carbons (Fsp3) is 0.750. The fourth-order valence-corrected chi connectivity index (χ4v) is 1.70. The molecular formula is C12H20F3N3. The van der Waals surface area contributed by atoms with Gasteiger partial charge in [0, 0.05) is 25.2 Å². The molecule has 1 aromatic rings. The van der Waals surface area contributed by atoms with Crippen molar-refractivity contribution in [2.45, 2.75) is 58.8 Å². The lowest BCUT2D eigenvalue weighted by Crippen LogP contribution is -2.15. The van der Waals surface area contributed by atoms with Gasteiger partial charge in [0.15, 0.2) is 0 Å². The van der Waals surface area contributed by atoms with Crippen molar-refractivity contribution >= 4 is 5.95 Å². The summed E-state index contributed by atoms with van der Waals surface area (Å²) in [7, 11) is 0. The minimum absolute atomic E-state index is 0.155. The van der Waals surface area contributed by atoms with Crippen molar-refractivity contribution in [3.05, 3.63) is 11.9 Å². The monoisotopic (exact) mass is 263 g/mol. The number of rotatable bonds is 6. The zero-order valence-electron chi connectivity index (χ0n) is 11.0. The van der Waals surface area contributed by atoms with Gasteiger partial charge in [-0.25, -0.2) is 4.98 Å². The molecule has 0 fully saturated rings. The van der Waals surface area contributed by atoms with Gasteiger partial charge in [0.05, 0.1) is 5.69 Å². The van der Waals surface area contributed by atoms with Gasteiger partial charge in [-0.2, -0.15) is 13.2 Å². The van der Waals surface area contributed by atoms with Crippen LogP contribution in [-0.2, 0) is 6.54 Å². The molecule has 0 aromatic carbocycles. The second-order valence-electron chi connectivity index (χ2n) is 4.77. The third-order valence-corrected chi connectivity index (χ3v) is 2.42. The molecule has 3 nitrogen and oxygen atoms in total. The van der Waals surface area contributed by atoms with Crippen LogP contribution in [-0.4, -0.2) is 21.8 Å². The largest absolute Gasteiger partial charge is 0.389 e. The number of hydrogen-bond acceptors (Lipinski definition) is 2. The first kappa shape index (κ1) is 14.9. The van der Waals surface area contributed by atoms with Crippen molar-refractivity contribution < 1.29 is 13.2 Å². The van der Waals surface area contributed by atoms with Crippen LogP contribution in [0.5, 0.6) is 0 Å². The van der Waals surface area contributed by atoms with E-state index in [-0.39, 0.29) is 12.5 Å². The van der Waals surface area contributed by atoms with E-state index in [0.29, 0.717) is 13.0 Å². The summed E-state index contributed by atoms with van der Waals surface area (Å²) in [5, 5.41) is 3.18. The highest BCUT2D eigenvalue weighted by molar-refractivity contribution is 5.29. The molecule has 0 saturated carbocycles. The molecule has 1 heterocycles. The summed E-state index contributed by atoms with van der Waals surface area (Å²) in [5.41, 5.74) is 0.869. The number of nitrogens with zero attached hydrogens (tertiary/aromatic N) is 2. The van der Waals surface area contributed by atoms with Gasteiger partial charge in [-0.3, -0.25) is 0 Å². The number of imidazole rings is 1. The number of aryl methyl sites for hydroxylation is 2. The minimum atomic E-state index is -4.05. The van der Waals surface area contributed by atoms with Gasteiger partial charge < -0.3 is 9.88 Å². The van der Waals surface area contributed by atoms with Gasteiger partial charge in [0.25, 0.3) is 0 Å². The highest BCUT2D eigenvalue weighted by Crippen LogP contribution is 2.22. The molecule has 104 valence electrons. The lowest BCUT2D eigenvalue weighted by Gasteiger charge is -2.12. The van der Waals surface area contributed by atoms with Crippen molar-refractivity contribution in [2.75, 3.05) is 5.32 Å². The number of unbranched alkanes of at least 4 members (excludes halogenated alkanes) is 1. The molecule has 0 amide bonds. The van der Waals surface area contributed by atoms with E-state index in [9.17, 15) is 13.2 Å². The molecule has 0 aliphatic carbocycles. The second kappa shape index (κ2) is 6.11. The molecule has 0 saturated heterocycles. The van der Waals surface area contributed by atoms with E-state index in [4.69, 9.17) is 0 Å². The van der Waals surface area contributed by atoms with Gasteiger partial charge in [-0.15, -0.1) is 0 Å². The van der Waals surface area contributed by atoms with Crippen molar-refractivity contribution in [2.24, 2.45) is 0 Å². The Kier molecular flexibility index (Phi) is 5.04. The molecule has 1 rings (SSSR count). The minimum Gasteiger partial charge on any atom is -0.353 e. The Bertz CT molecular complexity index is 369. The molecule has 0 bridgehead atoms. The fourth-order valence-electron chi connectivity index (χ4n) is 1.70. The third kappa shape index (κ3) is 5.42. The first-order valence-electron chi connectivity index (χ1n) is 6.15. The van der Waals surface area contributed by atoms with Crippen LogP contribution in [0.2, 0.25) is 0 Å². The smallest absolute Gasteiger partial charge is 0.353 e. The number of hydrogen-bond donors (Lipinski definition) is 1. The summed E-state index contributed by atoms with van der Waals surface area (Å²) in [5.74, 6) is 0.731. The van der Waals surface area contributed by atoms with Crippen LogP contribution >= 0.6 is 0 Å². The topological polar surface area (TPSA) is 29.9 Å². The molecule has 1 N–H and O–H groups in total. The maximum absolute atomic E-state index is 12.0. The molecule has 0 radical (unpaired) electrons. The molecule has 0 spiro atoms. The molecule has 1 aromatic heterocycles. The van der Waals surface area contributed by atoms with Crippen LogP contribution in [0.3, 0.4) is 0 Å². The van der Waals surface area contributed by atoms with E-state index < -0.39 is 12.6 Å². The van der Waals surface area contributed by atoms with E-state index in [1.54, 1.807) is 0 Å². The lowest BCUT2D eigenvalue weighted by atomic mass is 10.2. The standard InChI is InChI=1S/C12H20F3N3/c1-9(2)16-11-17-10(3)8-18(11)7-5-4-6-12(13,14)15/h8-9H,4-7H2,1-3H3,(H,16,17). The third-order valence-electron chi connectivity index (χ3n) is 2.42. The Morgan fingerprint density at radius 3 is 2.56 bits per heavy atom. The van der Waals surface area contributed by atoms with Crippen LogP contribution in [0, 0.1) is 6.92 Å². The quantitative estimate of drug-likeness (QED) is 0.792. The average molecular weight is 263 g/mol.